The average Bonchev–Trinajstić information content (AvgIpc) is 2.29. The van der Waals surface area contributed by atoms with Gasteiger partial charge in [0.25, 0.3) is 9.04 Å². The molecule has 0 saturated carbocycles. The largest absolute Gasteiger partial charge is 0.460 e. The standard InChI is InChI=1S/C12H21O3Si/c1-4-7-11(15-12(13)10(2)3)16-9-6-5-8-14-16/h11H,2,4-9H2,1,3H3. The van der Waals surface area contributed by atoms with Crippen LogP contribution in [-0.4, -0.2) is 27.3 Å². The molecule has 0 bridgehead atoms. The molecule has 1 radical (unpaired) electrons. The Morgan fingerprint density at radius 3 is 2.81 bits per heavy atom. The van der Waals surface area contributed by atoms with Gasteiger partial charge in [-0.1, -0.05) is 26.3 Å². The minimum atomic E-state index is -0.961. The molecule has 1 aliphatic rings. The third-order valence-electron chi connectivity index (χ3n) is 2.61. The SMILES string of the molecule is C=C(C)C(=O)OC(CCC)[Si]1CCCCO1. The minimum absolute atomic E-state index is 0.000463. The molecule has 1 atom stereocenters. The maximum atomic E-state index is 11.5. The molecule has 1 saturated heterocycles. The summed E-state index contributed by atoms with van der Waals surface area (Å²) in [5, 5.41) is 0. The summed E-state index contributed by atoms with van der Waals surface area (Å²) in [4.78, 5) is 11.5. The number of hydrogen-bond donors (Lipinski definition) is 0. The third-order valence-corrected chi connectivity index (χ3v) is 5.16. The summed E-state index contributed by atoms with van der Waals surface area (Å²) in [5.41, 5.74) is 0.471. The maximum absolute atomic E-state index is 11.5. The summed E-state index contributed by atoms with van der Waals surface area (Å²) >= 11 is 0. The van der Waals surface area contributed by atoms with Crippen molar-refractivity contribution in [1.29, 1.82) is 0 Å². The monoisotopic (exact) mass is 241 g/mol. The summed E-state index contributed by atoms with van der Waals surface area (Å²) in [6.07, 6.45) is 4.28. The number of carbonyl (C=O) groups is 1. The zero-order valence-electron chi connectivity index (χ0n) is 10.3. The fourth-order valence-corrected chi connectivity index (χ4v) is 4.21. The van der Waals surface area contributed by atoms with Gasteiger partial charge in [0.05, 0.1) is 0 Å². The first kappa shape index (κ1) is 13.5. The van der Waals surface area contributed by atoms with E-state index in [-0.39, 0.29) is 11.7 Å². The predicted molar refractivity (Wildman–Crippen MR) is 65.3 cm³/mol. The second-order valence-corrected chi connectivity index (χ2v) is 6.60. The Hall–Kier alpha value is -0.613. The van der Waals surface area contributed by atoms with Crippen LogP contribution in [0, 0.1) is 0 Å². The van der Waals surface area contributed by atoms with E-state index < -0.39 is 9.04 Å². The molecular weight excluding hydrogens is 220 g/mol. The highest BCUT2D eigenvalue weighted by Crippen LogP contribution is 2.19. The van der Waals surface area contributed by atoms with Crippen LogP contribution >= 0.6 is 0 Å². The van der Waals surface area contributed by atoms with Gasteiger partial charge in [-0.2, -0.15) is 0 Å². The second kappa shape index (κ2) is 6.86. The van der Waals surface area contributed by atoms with E-state index in [1.807, 2.05) is 0 Å². The molecule has 1 rings (SSSR count). The molecule has 0 amide bonds. The van der Waals surface area contributed by atoms with Gasteiger partial charge in [0.15, 0.2) is 0 Å². The van der Waals surface area contributed by atoms with Crippen LogP contribution in [0.15, 0.2) is 12.2 Å². The summed E-state index contributed by atoms with van der Waals surface area (Å²) in [5.74, 6) is -0.273. The Balaban J connectivity index is 2.51. The lowest BCUT2D eigenvalue weighted by Gasteiger charge is -2.27. The molecule has 0 aromatic heterocycles. The molecule has 1 aliphatic heterocycles. The molecule has 4 heteroatoms. The van der Waals surface area contributed by atoms with Gasteiger partial charge in [-0.3, -0.25) is 0 Å². The Morgan fingerprint density at radius 2 is 2.31 bits per heavy atom. The highest BCUT2D eigenvalue weighted by Gasteiger charge is 2.30. The number of rotatable bonds is 5. The molecule has 0 aliphatic carbocycles. The highest BCUT2D eigenvalue weighted by molar-refractivity contribution is 6.53. The van der Waals surface area contributed by atoms with Gasteiger partial charge in [0.2, 0.25) is 0 Å². The molecule has 0 aromatic rings. The molecule has 16 heavy (non-hydrogen) atoms. The topological polar surface area (TPSA) is 35.5 Å². The molecule has 1 unspecified atom stereocenters. The normalized spacial score (nSPS) is 19.1. The molecule has 91 valence electrons. The van der Waals surface area contributed by atoms with Gasteiger partial charge in [-0.15, -0.1) is 0 Å². The van der Waals surface area contributed by atoms with Gasteiger partial charge in [-0.25, -0.2) is 4.79 Å². The van der Waals surface area contributed by atoms with Crippen LogP contribution in [0.4, 0.5) is 0 Å². The predicted octanol–water partition coefficient (Wildman–Crippen LogP) is 2.62. The summed E-state index contributed by atoms with van der Waals surface area (Å²) in [6, 6.07) is 1.10. The third kappa shape index (κ3) is 4.10. The average molecular weight is 241 g/mol. The van der Waals surface area contributed by atoms with Crippen molar-refractivity contribution in [2.45, 2.75) is 51.3 Å². The van der Waals surface area contributed by atoms with Crippen molar-refractivity contribution in [3.8, 4) is 0 Å². The first-order chi connectivity index (χ1) is 7.65. The Morgan fingerprint density at radius 1 is 1.56 bits per heavy atom. The van der Waals surface area contributed by atoms with Crippen LogP contribution in [0.2, 0.25) is 6.04 Å². The van der Waals surface area contributed by atoms with Crippen molar-refractivity contribution >= 4 is 15.0 Å². The molecule has 3 nitrogen and oxygen atoms in total. The highest BCUT2D eigenvalue weighted by atomic mass is 28.3. The molecule has 0 spiro atoms. The molecule has 0 N–H and O–H groups in total. The van der Waals surface area contributed by atoms with Gasteiger partial charge in [-0.05, 0) is 25.8 Å². The van der Waals surface area contributed by atoms with E-state index in [9.17, 15) is 4.79 Å². The summed E-state index contributed by atoms with van der Waals surface area (Å²) < 4.78 is 11.2. The van der Waals surface area contributed by atoms with E-state index >= 15 is 0 Å². The van der Waals surface area contributed by atoms with Gasteiger partial charge < -0.3 is 9.16 Å². The van der Waals surface area contributed by atoms with E-state index in [4.69, 9.17) is 9.16 Å². The number of ether oxygens (including phenoxy) is 1. The van der Waals surface area contributed by atoms with Crippen LogP contribution in [0.1, 0.15) is 39.5 Å². The van der Waals surface area contributed by atoms with Crippen molar-refractivity contribution in [1.82, 2.24) is 0 Å². The zero-order valence-corrected chi connectivity index (χ0v) is 11.3. The first-order valence-corrected chi connectivity index (χ1v) is 7.69. The summed E-state index contributed by atoms with van der Waals surface area (Å²) in [7, 11) is -0.961. The van der Waals surface area contributed by atoms with Crippen molar-refractivity contribution in [3.05, 3.63) is 12.2 Å². The Labute approximate surface area is 99.5 Å². The lowest BCUT2D eigenvalue weighted by atomic mass is 10.3. The molecular formula is C12H21O3Si. The molecule has 1 fully saturated rings. The second-order valence-electron chi connectivity index (χ2n) is 4.23. The lowest BCUT2D eigenvalue weighted by molar-refractivity contribution is -0.141. The number of esters is 1. The lowest BCUT2D eigenvalue weighted by Crippen LogP contribution is -2.40. The fourth-order valence-electron chi connectivity index (χ4n) is 1.71. The summed E-state index contributed by atoms with van der Waals surface area (Å²) in [6.45, 7) is 8.23. The maximum Gasteiger partial charge on any atom is 0.333 e. The Bertz CT molecular complexity index is 247. The van der Waals surface area contributed by atoms with E-state index in [0.717, 1.165) is 31.9 Å². The quantitative estimate of drug-likeness (QED) is 0.422. The number of hydrogen-bond acceptors (Lipinski definition) is 3. The van der Waals surface area contributed by atoms with Crippen molar-refractivity contribution in [2.24, 2.45) is 0 Å². The van der Waals surface area contributed by atoms with Crippen molar-refractivity contribution in [3.63, 3.8) is 0 Å². The zero-order chi connectivity index (χ0) is 12.0. The van der Waals surface area contributed by atoms with Crippen LogP contribution in [0.5, 0.6) is 0 Å². The van der Waals surface area contributed by atoms with Crippen LogP contribution < -0.4 is 0 Å². The fraction of sp³-hybridized carbons (Fsp3) is 0.750. The number of carbonyl (C=O) groups excluding carboxylic acids is 1. The smallest absolute Gasteiger partial charge is 0.333 e. The van der Waals surface area contributed by atoms with E-state index in [1.165, 1.54) is 6.42 Å². The minimum Gasteiger partial charge on any atom is -0.460 e. The Kier molecular flexibility index (Phi) is 5.77. The van der Waals surface area contributed by atoms with E-state index in [2.05, 4.69) is 13.5 Å². The van der Waals surface area contributed by atoms with E-state index in [1.54, 1.807) is 6.92 Å². The van der Waals surface area contributed by atoms with Crippen molar-refractivity contribution in [2.75, 3.05) is 6.61 Å². The molecule has 1 heterocycles. The molecule has 0 aromatic carbocycles. The van der Waals surface area contributed by atoms with E-state index in [0.29, 0.717) is 5.57 Å². The van der Waals surface area contributed by atoms with Gasteiger partial charge in [0, 0.05) is 12.2 Å². The van der Waals surface area contributed by atoms with Crippen molar-refractivity contribution < 1.29 is 14.0 Å². The van der Waals surface area contributed by atoms with Crippen LogP contribution in [0.25, 0.3) is 0 Å². The van der Waals surface area contributed by atoms with Crippen LogP contribution in [-0.2, 0) is 14.0 Å². The van der Waals surface area contributed by atoms with Crippen LogP contribution in [0.3, 0.4) is 0 Å². The first-order valence-electron chi connectivity index (χ1n) is 6.00. The van der Waals surface area contributed by atoms with Gasteiger partial charge >= 0.3 is 5.97 Å². The van der Waals surface area contributed by atoms with Gasteiger partial charge in [0.1, 0.15) is 5.73 Å².